The number of carbonyl (C=O) groups is 1. The number of nitrogens with one attached hydrogen (secondary N) is 1. The van der Waals surface area contributed by atoms with E-state index in [9.17, 15) is 4.79 Å². The number of nitrogens with zero attached hydrogens (tertiary/aromatic N) is 2. The van der Waals surface area contributed by atoms with E-state index in [1.165, 1.54) is 36.4 Å². The van der Waals surface area contributed by atoms with E-state index in [0.717, 1.165) is 38.3 Å². The van der Waals surface area contributed by atoms with Crippen LogP contribution in [0.2, 0.25) is 0 Å². The number of carbonyl (C=O) groups excluding carboxylic acids is 1. The van der Waals surface area contributed by atoms with Gasteiger partial charge in [0.05, 0.1) is 16.2 Å². The summed E-state index contributed by atoms with van der Waals surface area (Å²) in [5, 5.41) is 7.12. The predicted molar refractivity (Wildman–Crippen MR) is 99.5 cm³/mol. The normalized spacial score (nSPS) is 36.4. The monoisotopic (exact) mass is 359 g/mol. The van der Waals surface area contributed by atoms with Crippen LogP contribution < -0.4 is 5.32 Å². The van der Waals surface area contributed by atoms with Crippen molar-refractivity contribution in [3.63, 3.8) is 0 Å². The number of fused-ring (bicyclic) bond motifs is 1. The van der Waals surface area contributed by atoms with E-state index in [2.05, 4.69) is 29.4 Å². The molecule has 0 radical (unpaired) electrons. The number of aromatic nitrogens is 1. The lowest BCUT2D eigenvalue weighted by Gasteiger charge is -2.33. The Bertz CT molecular complexity index is 695. The van der Waals surface area contributed by atoms with Crippen molar-refractivity contribution in [2.75, 3.05) is 6.54 Å². The van der Waals surface area contributed by atoms with Gasteiger partial charge < -0.3 is 5.32 Å². The molecule has 1 aromatic heterocycles. The molecule has 3 saturated carbocycles. The average Bonchev–Trinajstić information content (AvgIpc) is 3.35. The molecule has 0 aromatic carbocycles. The Kier molecular flexibility index (Phi) is 3.59. The van der Waals surface area contributed by atoms with Gasteiger partial charge in [0.1, 0.15) is 0 Å². The van der Waals surface area contributed by atoms with Crippen LogP contribution in [0.5, 0.6) is 0 Å². The summed E-state index contributed by atoms with van der Waals surface area (Å²) >= 11 is 1.84. The molecular formula is C20H29N3OS. The Labute approximate surface area is 154 Å². The highest BCUT2D eigenvalue weighted by atomic mass is 32.1. The van der Waals surface area contributed by atoms with E-state index in [0.29, 0.717) is 11.9 Å². The molecule has 25 heavy (non-hydrogen) atoms. The van der Waals surface area contributed by atoms with E-state index < -0.39 is 0 Å². The number of thiazole rings is 1. The molecule has 3 unspecified atom stereocenters. The third-order valence-corrected chi connectivity index (χ3v) is 8.14. The highest BCUT2D eigenvalue weighted by Gasteiger charge is 2.56. The Balaban J connectivity index is 1.27. The lowest BCUT2D eigenvalue weighted by Crippen LogP contribution is -2.54. The molecule has 1 saturated heterocycles. The van der Waals surface area contributed by atoms with Crippen molar-refractivity contribution in [2.45, 2.75) is 82.8 Å². The molecule has 1 aliphatic heterocycles. The first-order chi connectivity index (χ1) is 12.0. The van der Waals surface area contributed by atoms with Gasteiger partial charge in [0.25, 0.3) is 0 Å². The molecule has 3 aliphatic carbocycles. The Hall–Kier alpha value is -0.940. The second-order valence-electron chi connectivity index (χ2n) is 9.47. The molecule has 0 spiro atoms. The summed E-state index contributed by atoms with van der Waals surface area (Å²) in [5.41, 5.74) is 1.49. The van der Waals surface area contributed by atoms with Crippen molar-refractivity contribution in [2.24, 2.45) is 11.3 Å². The first-order valence-electron chi connectivity index (χ1n) is 9.97. The molecule has 5 heteroatoms. The van der Waals surface area contributed by atoms with Gasteiger partial charge in [-0.05, 0) is 50.4 Å². The fraction of sp³-hybridized carbons (Fsp3) is 0.800. The molecule has 1 amide bonds. The summed E-state index contributed by atoms with van der Waals surface area (Å²) in [6.45, 7) is 6.47. The quantitative estimate of drug-likeness (QED) is 0.872. The predicted octanol–water partition coefficient (Wildman–Crippen LogP) is 3.68. The molecule has 0 bridgehead atoms. The lowest BCUT2D eigenvalue weighted by atomic mass is 9.92. The topological polar surface area (TPSA) is 45.2 Å². The summed E-state index contributed by atoms with van der Waals surface area (Å²) < 4.78 is 0. The lowest BCUT2D eigenvalue weighted by molar-refractivity contribution is -0.125. The maximum Gasteiger partial charge on any atom is 0.224 e. The Morgan fingerprint density at radius 3 is 2.88 bits per heavy atom. The molecule has 4 nitrogen and oxygen atoms in total. The zero-order valence-electron chi connectivity index (χ0n) is 15.4. The fourth-order valence-electron chi connectivity index (χ4n) is 5.14. The van der Waals surface area contributed by atoms with Crippen molar-refractivity contribution in [3.05, 3.63) is 16.1 Å². The van der Waals surface area contributed by atoms with Crippen LogP contribution in [0.3, 0.4) is 0 Å². The number of likely N-dealkylation sites (tertiary alicyclic amines) is 1. The van der Waals surface area contributed by atoms with Crippen molar-refractivity contribution in [1.82, 2.24) is 15.2 Å². The van der Waals surface area contributed by atoms with Crippen LogP contribution >= 0.6 is 11.3 Å². The second-order valence-corrected chi connectivity index (χ2v) is 10.4. The highest BCUT2D eigenvalue weighted by molar-refractivity contribution is 7.09. The van der Waals surface area contributed by atoms with Gasteiger partial charge in [0.15, 0.2) is 0 Å². The number of hydrogen-bond acceptors (Lipinski definition) is 4. The Morgan fingerprint density at radius 1 is 1.36 bits per heavy atom. The molecule has 2 heterocycles. The SMILES string of the molecule is CC1(C)CC1C(=O)NC12CCCC1N(Cc1csc(C3CC3)n1)CC2. The zero-order valence-corrected chi connectivity index (χ0v) is 16.2. The highest BCUT2D eigenvalue weighted by Crippen LogP contribution is 2.52. The minimum absolute atomic E-state index is 0.0328. The fourth-order valence-corrected chi connectivity index (χ4v) is 6.12. The largest absolute Gasteiger partial charge is 0.349 e. The third-order valence-electron chi connectivity index (χ3n) is 7.09. The van der Waals surface area contributed by atoms with E-state index >= 15 is 0 Å². The molecule has 4 aliphatic rings. The van der Waals surface area contributed by atoms with E-state index in [-0.39, 0.29) is 16.9 Å². The first kappa shape index (κ1) is 16.2. The molecule has 136 valence electrons. The summed E-state index contributed by atoms with van der Waals surface area (Å²) in [7, 11) is 0. The van der Waals surface area contributed by atoms with E-state index in [4.69, 9.17) is 4.98 Å². The molecular weight excluding hydrogens is 330 g/mol. The van der Waals surface area contributed by atoms with Gasteiger partial charge in [0, 0.05) is 36.3 Å². The van der Waals surface area contributed by atoms with Crippen molar-refractivity contribution >= 4 is 17.2 Å². The van der Waals surface area contributed by atoms with Gasteiger partial charge in [0.2, 0.25) is 5.91 Å². The summed E-state index contributed by atoms with van der Waals surface area (Å²) in [6.07, 6.45) is 8.41. The van der Waals surface area contributed by atoms with Gasteiger partial charge in [-0.3, -0.25) is 9.69 Å². The molecule has 1 aromatic rings. The van der Waals surface area contributed by atoms with Gasteiger partial charge in [-0.15, -0.1) is 11.3 Å². The van der Waals surface area contributed by atoms with Crippen LogP contribution in [0, 0.1) is 11.3 Å². The van der Waals surface area contributed by atoms with Gasteiger partial charge in [-0.2, -0.15) is 0 Å². The first-order valence-corrected chi connectivity index (χ1v) is 10.9. The molecule has 5 rings (SSSR count). The second kappa shape index (κ2) is 5.53. The van der Waals surface area contributed by atoms with Crippen LogP contribution in [0.1, 0.15) is 75.4 Å². The standard InChI is InChI=1S/C20H29N3OS/c1-19(2)10-15(19)17(24)22-20-7-3-4-16(20)23(9-8-20)11-14-12-25-18(21-14)13-5-6-13/h12-13,15-16H,3-11H2,1-2H3,(H,22,24). The van der Waals surface area contributed by atoms with Crippen LogP contribution in [-0.4, -0.2) is 33.9 Å². The number of rotatable bonds is 5. The van der Waals surface area contributed by atoms with Crippen LogP contribution in [0.4, 0.5) is 0 Å². The zero-order chi connectivity index (χ0) is 17.2. The molecule has 4 fully saturated rings. The number of hydrogen-bond donors (Lipinski definition) is 1. The minimum atomic E-state index is 0.0328. The minimum Gasteiger partial charge on any atom is -0.349 e. The smallest absolute Gasteiger partial charge is 0.224 e. The van der Waals surface area contributed by atoms with Gasteiger partial charge >= 0.3 is 0 Å². The van der Waals surface area contributed by atoms with Crippen molar-refractivity contribution in [1.29, 1.82) is 0 Å². The van der Waals surface area contributed by atoms with Crippen LogP contribution in [0.25, 0.3) is 0 Å². The maximum absolute atomic E-state index is 12.7. The third kappa shape index (κ3) is 2.84. The Morgan fingerprint density at radius 2 is 2.16 bits per heavy atom. The average molecular weight is 360 g/mol. The van der Waals surface area contributed by atoms with Crippen molar-refractivity contribution in [3.8, 4) is 0 Å². The van der Waals surface area contributed by atoms with E-state index in [1.807, 2.05) is 11.3 Å². The van der Waals surface area contributed by atoms with Crippen LogP contribution in [-0.2, 0) is 11.3 Å². The maximum atomic E-state index is 12.7. The van der Waals surface area contributed by atoms with Gasteiger partial charge in [-0.25, -0.2) is 4.98 Å². The molecule has 3 atom stereocenters. The molecule has 1 N–H and O–H groups in total. The van der Waals surface area contributed by atoms with Crippen molar-refractivity contribution < 1.29 is 4.79 Å². The van der Waals surface area contributed by atoms with Gasteiger partial charge in [-0.1, -0.05) is 13.8 Å². The summed E-state index contributed by atoms with van der Waals surface area (Å²) in [5.74, 6) is 1.30. The van der Waals surface area contributed by atoms with E-state index in [1.54, 1.807) is 0 Å². The summed E-state index contributed by atoms with van der Waals surface area (Å²) in [6, 6.07) is 0.504. The summed E-state index contributed by atoms with van der Waals surface area (Å²) in [4.78, 5) is 20.2. The number of amides is 1. The van der Waals surface area contributed by atoms with Crippen LogP contribution in [0.15, 0.2) is 5.38 Å².